The lowest BCUT2D eigenvalue weighted by Gasteiger charge is -2.33. The summed E-state index contributed by atoms with van der Waals surface area (Å²) >= 11 is 5.83. The first-order valence-electron chi connectivity index (χ1n) is 8.86. The van der Waals surface area contributed by atoms with E-state index in [1.807, 2.05) is 0 Å². The molecule has 1 aliphatic rings. The molecule has 1 amide bonds. The van der Waals surface area contributed by atoms with E-state index < -0.39 is 10.0 Å². The number of hydrogen-bond acceptors (Lipinski definition) is 4. The highest BCUT2D eigenvalue weighted by Crippen LogP contribution is 2.20. The van der Waals surface area contributed by atoms with Gasteiger partial charge < -0.3 is 4.90 Å². The summed E-state index contributed by atoms with van der Waals surface area (Å²) in [7, 11) is -3.59. The molecule has 146 valence electrons. The molecule has 3 rings (SSSR count). The van der Waals surface area contributed by atoms with Crippen LogP contribution in [0.15, 0.2) is 35.2 Å². The number of aromatic amines is 1. The van der Waals surface area contributed by atoms with Crippen molar-refractivity contribution >= 4 is 27.5 Å². The average molecular weight is 411 g/mol. The molecule has 2 aromatic rings. The molecule has 0 spiro atoms. The van der Waals surface area contributed by atoms with E-state index in [4.69, 9.17) is 11.6 Å². The lowest BCUT2D eigenvalue weighted by atomic mass is 10.1. The number of H-pyrrole nitrogens is 1. The van der Waals surface area contributed by atoms with E-state index in [0.717, 1.165) is 12.1 Å². The number of halogens is 1. The SMILES string of the molecule is CC(C)Cc1cc(C(=O)N2CCN(S(=O)(=O)c3ccc(Cl)cc3)CC2)n[nH]1. The summed E-state index contributed by atoms with van der Waals surface area (Å²) in [6, 6.07) is 7.88. The molecule has 0 atom stereocenters. The molecule has 27 heavy (non-hydrogen) atoms. The van der Waals surface area contributed by atoms with E-state index in [9.17, 15) is 13.2 Å². The molecule has 1 N–H and O–H groups in total. The molecule has 1 fully saturated rings. The maximum absolute atomic E-state index is 12.7. The number of hydrogen-bond donors (Lipinski definition) is 1. The number of piperazine rings is 1. The summed E-state index contributed by atoms with van der Waals surface area (Å²) in [6.07, 6.45) is 0.827. The molecule has 0 bridgehead atoms. The van der Waals surface area contributed by atoms with Crippen molar-refractivity contribution in [3.05, 3.63) is 46.7 Å². The Bertz CT molecular complexity index is 901. The Balaban J connectivity index is 1.63. The van der Waals surface area contributed by atoms with Gasteiger partial charge in [0.1, 0.15) is 5.69 Å². The minimum Gasteiger partial charge on any atom is -0.335 e. The molecule has 9 heteroatoms. The molecule has 1 aromatic heterocycles. The van der Waals surface area contributed by atoms with Crippen molar-refractivity contribution in [1.82, 2.24) is 19.4 Å². The number of sulfonamides is 1. The Morgan fingerprint density at radius 2 is 1.81 bits per heavy atom. The second kappa shape index (κ2) is 8.00. The number of aromatic nitrogens is 2. The highest BCUT2D eigenvalue weighted by molar-refractivity contribution is 7.89. The summed E-state index contributed by atoms with van der Waals surface area (Å²) in [4.78, 5) is 14.5. The smallest absolute Gasteiger partial charge is 0.274 e. The van der Waals surface area contributed by atoms with Crippen LogP contribution in [0, 0.1) is 5.92 Å². The number of carbonyl (C=O) groups excluding carboxylic acids is 1. The van der Waals surface area contributed by atoms with Gasteiger partial charge in [0.05, 0.1) is 4.90 Å². The van der Waals surface area contributed by atoms with Gasteiger partial charge in [-0.2, -0.15) is 9.40 Å². The van der Waals surface area contributed by atoms with E-state index in [-0.39, 0.29) is 23.9 Å². The van der Waals surface area contributed by atoms with Crippen LogP contribution >= 0.6 is 11.6 Å². The zero-order chi connectivity index (χ0) is 19.6. The normalized spacial score (nSPS) is 16.1. The number of amides is 1. The Hall–Kier alpha value is -1.90. The van der Waals surface area contributed by atoms with E-state index in [0.29, 0.717) is 29.7 Å². The van der Waals surface area contributed by atoms with Crippen molar-refractivity contribution < 1.29 is 13.2 Å². The zero-order valence-corrected chi connectivity index (χ0v) is 16.9. The van der Waals surface area contributed by atoms with E-state index in [1.165, 1.54) is 16.4 Å². The summed E-state index contributed by atoms with van der Waals surface area (Å²) in [5.41, 5.74) is 1.30. The molecule has 7 nitrogen and oxygen atoms in total. The van der Waals surface area contributed by atoms with Gasteiger partial charge in [-0.15, -0.1) is 0 Å². The molecule has 1 saturated heterocycles. The number of benzene rings is 1. The number of nitrogens with zero attached hydrogens (tertiary/aromatic N) is 3. The Labute approximate surface area is 164 Å². The van der Waals surface area contributed by atoms with Crippen LogP contribution in [0.5, 0.6) is 0 Å². The van der Waals surface area contributed by atoms with E-state index in [1.54, 1.807) is 23.1 Å². The molecule has 0 unspecified atom stereocenters. The Morgan fingerprint density at radius 1 is 1.19 bits per heavy atom. The van der Waals surface area contributed by atoms with Gasteiger partial charge in [-0.3, -0.25) is 9.89 Å². The highest BCUT2D eigenvalue weighted by Gasteiger charge is 2.31. The lowest BCUT2D eigenvalue weighted by Crippen LogP contribution is -2.50. The van der Waals surface area contributed by atoms with Gasteiger partial charge in [0, 0.05) is 36.9 Å². The van der Waals surface area contributed by atoms with Gasteiger partial charge in [-0.1, -0.05) is 25.4 Å². The first-order valence-corrected chi connectivity index (χ1v) is 10.7. The van der Waals surface area contributed by atoms with Crippen molar-refractivity contribution in [2.24, 2.45) is 5.92 Å². The third kappa shape index (κ3) is 4.51. The molecule has 1 aliphatic heterocycles. The van der Waals surface area contributed by atoms with Crippen molar-refractivity contribution in [2.45, 2.75) is 25.2 Å². The van der Waals surface area contributed by atoms with Gasteiger partial charge in [0.2, 0.25) is 10.0 Å². The zero-order valence-electron chi connectivity index (χ0n) is 15.4. The molecule has 0 radical (unpaired) electrons. The maximum Gasteiger partial charge on any atom is 0.274 e. The summed E-state index contributed by atoms with van der Waals surface area (Å²) < 4.78 is 26.8. The third-order valence-corrected chi connectivity index (χ3v) is 6.62. The predicted octanol–water partition coefficient (Wildman–Crippen LogP) is 2.41. The largest absolute Gasteiger partial charge is 0.335 e. The van der Waals surface area contributed by atoms with E-state index >= 15 is 0 Å². The maximum atomic E-state index is 12.7. The number of carbonyl (C=O) groups is 1. The second-order valence-electron chi connectivity index (χ2n) is 7.03. The van der Waals surface area contributed by atoms with Gasteiger partial charge in [0.25, 0.3) is 5.91 Å². The van der Waals surface area contributed by atoms with Crippen LogP contribution < -0.4 is 0 Å². The van der Waals surface area contributed by atoms with Gasteiger partial charge in [-0.05, 0) is 42.7 Å². The lowest BCUT2D eigenvalue weighted by molar-refractivity contribution is 0.0692. The van der Waals surface area contributed by atoms with Crippen molar-refractivity contribution in [3.8, 4) is 0 Å². The first kappa shape index (κ1) is 19.9. The molecule has 2 heterocycles. The Morgan fingerprint density at radius 3 is 2.41 bits per heavy atom. The fourth-order valence-corrected chi connectivity index (χ4v) is 4.61. The molecule has 0 saturated carbocycles. The standard InChI is InChI=1S/C18H23ClN4O3S/c1-13(2)11-15-12-17(21-20-15)18(24)22-7-9-23(10-8-22)27(25,26)16-5-3-14(19)4-6-16/h3-6,12-13H,7-11H2,1-2H3,(H,20,21). The fraction of sp³-hybridized carbons (Fsp3) is 0.444. The van der Waals surface area contributed by atoms with Crippen LogP contribution in [-0.4, -0.2) is 59.9 Å². The third-order valence-electron chi connectivity index (χ3n) is 4.46. The van der Waals surface area contributed by atoms with Crippen molar-refractivity contribution in [2.75, 3.05) is 26.2 Å². The molecule has 1 aromatic carbocycles. The first-order chi connectivity index (χ1) is 12.8. The Kier molecular flexibility index (Phi) is 5.88. The van der Waals surface area contributed by atoms with Gasteiger partial charge >= 0.3 is 0 Å². The molecular weight excluding hydrogens is 388 g/mol. The summed E-state index contributed by atoms with van der Waals surface area (Å²) in [5.74, 6) is 0.291. The minimum absolute atomic E-state index is 0.176. The van der Waals surface area contributed by atoms with Crippen molar-refractivity contribution in [3.63, 3.8) is 0 Å². The number of nitrogens with one attached hydrogen (secondary N) is 1. The average Bonchev–Trinajstić information content (AvgIpc) is 3.09. The van der Waals surface area contributed by atoms with Crippen LogP contribution in [0.25, 0.3) is 0 Å². The monoisotopic (exact) mass is 410 g/mol. The molecule has 0 aliphatic carbocycles. The van der Waals surface area contributed by atoms with Crippen LogP contribution in [0.3, 0.4) is 0 Å². The second-order valence-corrected chi connectivity index (χ2v) is 9.40. The quantitative estimate of drug-likeness (QED) is 0.820. The fourth-order valence-electron chi connectivity index (χ4n) is 3.06. The highest BCUT2D eigenvalue weighted by atomic mass is 35.5. The van der Waals surface area contributed by atoms with Gasteiger partial charge in [0.15, 0.2) is 0 Å². The van der Waals surface area contributed by atoms with Crippen LogP contribution in [0.2, 0.25) is 5.02 Å². The van der Waals surface area contributed by atoms with Crippen LogP contribution in [-0.2, 0) is 16.4 Å². The number of rotatable bonds is 5. The summed E-state index contributed by atoms with van der Waals surface area (Å²) in [5, 5.41) is 7.50. The van der Waals surface area contributed by atoms with Crippen LogP contribution in [0.1, 0.15) is 30.0 Å². The van der Waals surface area contributed by atoms with E-state index in [2.05, 4.69) is 24.0 Å². The topological polar surface area (TPSA) is 86.4 Å². The van der Waals surface area contributed by atoms with Crippen LogP contribution in [0.4, 0.5) is 0 Å². The van der Waals surface area contributed by atoms with Crippen molar-refractivity contribution in [1.29, 1.82) is 0 Å². The minimum atomic E-state index is -3.59. The molecular formula is C18H23ClN4O3S. The predicted molar refractivity (Wildman–Crippen MR) is 103 cm³/mol. The van der Waals surface area contributed by atoms with Gasteiger partial charge in [-0.25, -0.2) is 8.42 Å². The summed E-state index contributed by atoms with van der Waals surface area (Å²) in [6.45, 7) is 5.36.